The van der Waals surface area contributed by atoms with Gasteiger partial charge in [-0.05, 0) is 30.7 Å². The Balaban J connectivity index is 1.65. The zero-order chi connectivity index (χ0) is 13.7. The maximum absolute atomic E-state index is 11.6. The molecule has 19 heavy (non-hydrogen) atoms. The zero-order valence-corrected chi connectivity index (χ0v) is 11.7. The standard InChI is InChI=1S/C13H17N3O2S/c1-15-10-12(17)16(13(15)18)8-2-3-9-19-11-4-6-14-7-5-11/h4-7H,2-3,8-10H2,1H3. The number of aromatic nitrogens is 1. The van der Waals surface area contributed by atoms with Gasteiger partial charge in [0.05, 0.1) is 0 Å². The van der Waals surface area contributed by atoms with Gasteiger partial charge in [0.2, 0.25) is 5.91 Å². The predicted octanol–water partition coefficient (Wildman–Crippen LogP) is 1.85. The van der Waals surface area contributed by atoms with Gasteiger partial charge in [0, 0.05) is 30.9 Å². The molecule has 1 saturated heterocycles. The second kappa shape index (κ2) is 6.56. The highest BCUT2D eigenvalue weighted by atomic mass is 32.2. The van der Waals surface area contributed by atoms with Crippen LogP contribution in [0.1, 0.15) is 12.8 Å². The molecule has 0 aliphatic carbocycles. The molecule has 0 atom stereocenters. The molecule has 0 radical (unpaired) electrons. The number of likely N-dealkylation sites (N-methyl/N-ethyl adjacent to an activating group) is 1. The van der Waals surface area contributed by atoms with Crippen molar-refractivity contribution in [2.75, 3.05) is 25.9 Å². The molecule has 3 amide bonds. The second-order valence-electron chi connectivity index (χ2n) is 4.42. The van der Waals surface area contributed by atoms with Gasteiger partial charge >= 0.3 is 6.03 Å². The monoisotopic (exact) mass is 279 g/mol. The molecule has 1 aromatic heterocycles. The van der Waals surface area contributed by atoms with E-state index in [1.165, 1.54) is 14.7 Å². The van der Waals surface area contributed by atoms with Crippen molar-refractivity contribution in [3.05, 3.63) is 24.5 Å². The first-order valence-electron chi connectivity index (χ1n) is 6.27. The Morgan fingerprint density at radius 2 is 2.00 bits per heavy atom. The third-order valence-electron chi connectivity index (χ3n) is 2.93. The molecule has 2 heterocycles. The lowest BCUT2D eigenvalue weighted by atomic mass is 10.3. The number of hydrogen-bond acceptors (Lipinski definition) is 4. The Hall–Kier alpha value is -1.56. The third-order valence-corrected chi connectivity index (χ3v) is 4.02. The minimum Gasteiger partial charge on any atom is -0.318 e. The molecule has 0 unspecified atom stereocenters. The van der Waals surface area contributed by atoms with E-state index in [0.717, 1.165) is 18.6 Å². The number of thioether (sulfide) groups is 1. The first-order valence-corrected chi connectivity index (χ1v) is 7.25. The first-order chi connectivity index (χ1) is 9.18. The smallest absolute Gasteiger partial charge is 0.318 e. The number of unbranched alkanes of at least 4 members (excludes halogenated alkanes) is 1. The van der Waals surface area contributed by atoms with Gasteiger partial charge in [0.15, 0.2) is 0 Å². The van der Waals surface area contributed by atoms with E-state index in [4.69, 9.17) is 0 Å². The Morgan fingerprint density at radius 1 is 1.26 bits per heavy atom. The molecule has 0 bridgehead atoms. The summed E-state index contributed by atoms with van der Waals surface area (Å²) in [6, 6.07) is 3.78. The molecule has 6 heteroatoms. The van der Waals surface area contributed by atoms with Gasteiger partial charge in [-0.2, -0.15) is 0 Å². The molecule has 1 aromatic rings. The average molecular weight is 279 g/mol. The summed E-state index contributed by atoms with van der Waals surface area (Å²) >= 11 is 1.77. The molecule has 5 nitrogen and oxygen atoms in total. The van der Waals surface area contributed by atoms with E-state index in [1.807, 2.05) is 12.1 Å². The normalized spacial score (nSPS) is 15.4. The quantitative estimate of drug-likeness (QED) is 0.453. The van der Waals surface area contributed by atoms with Gasteiger partial charge in [-0.15, -0.1) is 11.8 Å². The Labute approximate surface area is 117 Å². The molecule has 0 N–H and O–H groups in total. The van der Waals surface area contributed by atoms with Crippen LogP contribution in [0.25, 0.3) is 0 Å². The number of imide groups is 1. The predicted molar refractivity (Wildman–Crippen MR) is 73.9 cm³/mol. The van der Waals surface area contributed by atoms with Crippen molar-refractivity contribution in [1.82, 2.24) is 14.8 Å². The van der Waals surface area contributed by atoms with Crippen molar-refractivity contribution in [3.8, 4) is 0 Å². The lowest BCUT2D eigenvalue weighted by Crippen LogP contribution is -2.32. The van der Waals surface area contributed by atoms with Crippen LogP contribution in [0.2, 0.25) is 0 Å². The molecule has 102 valence electrons. The number of nitrogens with zero attached hydrogens (tertiary/aromatic N) is 3. The van der Waals surface area contributed by atoms with Gasteiger partial charge in [-0.25, -0.2) is 4.79 Å². The van der Waals surface area contributed by atoms with Crippen molar-refractivity contribution < 1.29 is 9.59 Å². The summed E-state index contributed by atoms with van der Waals surface area (Å²) in [4.78, 5) is 31.1. The number of urea groups is 1. The fourth-order valence-corrected chi connectivity index (χ4v) is 2.78. The van der Waals surface area contributed by atoms with Crippen molar-refractivity contribution in [2.45, 2.75) is 17.7 Å². The van der Waals surface area contributed by atoms with Crippen LogP contribution in [0.5, 0.6) is 0 Å². The third kappa shape index (κ3) is 3.70. The molecule has 1 fully saturated rings. The van der Waals surface area contributed by atoms with E-state index in [2.05, 4.69) is 4.98 Å². The Morgan fingerprint density at radius 3 is 2.63 bits per heavy atom. The SMILES string of the molecule is CN1CC(=O)N(CCCCSc2ccncc2)C1=O. The highest BCUT2D eigenvalue weighted by molar-refractivity contribution is 7.99. The van der Waals surface area contributed by atoms with Crippen LogP contribution >= 0.6 is 11.8 Å². The van der Waals surface area contributed by atoms with Crippen molar-refractivity contribution in [3.63, 3.8) is 0 Å². The summed E-state index contributed by atoms with van der Waals surface area (Å²) in [5.41, 5.74) is 0. The van der Waals surface area contributed by atoms with Gasteiger partial charge in [0.25, 0.3) is 0 Å². The highest BCUT2D eigenvalue weighted by Crippen LogP contribution is 2.18. The van der Waals surface area contributed by atoms with Crippen LogP contribution in [-0.4, -0.2) is 52.6 Å². The molecule has 0 aromatic carbocycles. The number of rotatable bonds is 6. The molecular weight excluding hydrogens is 262 g/mol. The van der Waals surface area contributed by atoms with Gasteiger partial charge in [0.1, 0.15) is 6.54 Å². The lowest BCUT2D eigenvalue weighted by Gasteiger charge is -2.13. The minimum absolute atomic E-state index is 0.0886. The van der Waals surface area contributed by atoms with Crippen LogP contribution < -0.4 is 0 Å². The lowest BCUT2D eigenvalue weighted by molar-refractivity contribution is -0.125. The fourth-order valence-electron chi connectivity index (χ4n) is 1.89. The number of hydrogen-bond donors (Lipinski definition) is 0. The summed E-state index contributed by atoms with van der Waals surface area (Å²) in [5, 5.41) is 0. The van der Waals surface area contributed by atoms with Crippen LogP contribution in [0.3, 0.4) is 0 Å². The Bertz CT molecular complexity index is 452. The van der Waals surface area contributed by atoms with E-state index in [1.54, 1.807) is 31.2 Å². The van der Waals surface area contributed by atoms with Crippen LogP contribution in [-0.2, 0) is 4.79 Å². The van der Waals surface area contributed by atoms with Crippen LogP contribution in [0.4, 0.5) is 4.79 Å². The summed E-state index contributed by atoms with van der Waals surface area (Å²) in [6.07, 6.45) is 5.39. The molecule has 1 aliphatic rings. The Kier molecular flexibility index (Phi) is 4.79. The van der Waals surface area contributed by atoms with Gasteiger partial charge in [-0.3, -0.25) is 14.7 Å². The maximum atomic E-state index is 11.6. The summed E-state index contributed by atoms with van der Waals surface area (Å²) < 4.78 is 0. The van der Waals surface area contributed by atoms with Gasteiger partial charge < -0.3 is 4.90 Å². The molecule has 2 rings (SSSR count). The van der Waals surface area contributed by atoms with Crippen molar-refractivity contribution >= 4 is 23.7 Å². The minimum atomic E-state index is -0.174. The first kappa shape index (κ1) is 13.9. The van der Waals surface area contributed by atoms with E-state index < -0.39 is 0 Å². The summed E-state index contributed by atoms with van der Waals surface area (Å²) in [5.74, 6) is 0.894. The molecule has 1 aliphatic heterocycles. The van der Waals surface area contributed by atoms with Crippen molar-refractivity contribution in [2.24, 2.45) is 0 Å². The largest absolute Gasteiger partial charge is 0.326 e. The fraction of sp³-hybridized carbons (Fsp3) is 0.462. The number of pyridine rings is 1. The van der Waals surface area contributed by atoms with Crippen LogP contribution in [0, 0.1) is 0 Å². The van der Waals surface area contributed by atoms with Crippen LogP contribution in [0.15, 0.2) is 29.4 Å². The summed E-state index contributed by atoms with van der Waals surface area (Å²) in [6.45, 7) is 0.740. The zero-order valence-electron chi connectivity index (χ0n) is 10.9. The molecule has 0 spiro atoms. The van der Waals surface area contributed by atoms with Gasteiger partial charge in [-0.1, -0.05) is 0 Å². The van der Waals surface area contributed by atoms with E-state index in [9.17, 15) is 9.59 Å². The average Bonchev–Trinajstić information content (AvgIpc) is 2.65. The number of carbonyl (C=O) groups is 2. The van der Waals surface area contributed by atoms with Crippen molar-refractivity contribution in [1.29, 1.82) is 0 Å². The second-order valence-corrected chi connectivity index (χ2v) is 5.59. The highest BCUT2D eigenvalue weighted by Gasteiger charge is 2.32. The molecule has 0 saturated carbocycles. The molecular formula is C13H17N3O2S. The van der Waals surface area contributed by atoms with E-state index in [0.29, 0.717) is 6.54 Å². The summed E-state index contributed by atoms with van der Waals surface area (Å²) in [7, 11) is 1.65. The van der Waals surface area contributed by atoms with E-state index >= 15 is 0 Å². The number of amides is 3. The van der Waals surface area contributed by atoms with E-state index in [-0.39, 0.29) is 18.5 Å². The number of carbonyl (C=O) groups excluding carboxylic acids is 2. The topological polar surface area (TPSA) is 53.5 Å². The maximum Gasteiger partial charge on any atom is 0.326 e.